The van der Waals surface area contributed by atoms with Crippen molar-refractivity contribution in [1.29, 1.82) is 0 Å². The third-order valence-corrected chi connectivity index (χ3v) is 2.16. The van der Waals surface area contributed by atoms with Gasteiger partial charge in [0, 0.05) is 12.7 Å². The van der Waals surface area contributed by atoms with Crippen LogP contribution >= 0.6 is 0 Å². The highest BCUT2D eigenvalue weighted by molar-refractivity contribution is 6.15. The molecule has 0 saturated heterocycles. The van der Waals surface area contributed by atoms with E-state index in [1.807, 2.05) is 30.3 Å². The maximum atomic E-state index is 11.4. The van der Waals surface area contributed by atoms with Crippen LogP contribution in [0.25, 0.3) is 0 Å². The second-order valence-corrected chi connectivity index (χ2v) is 3.51. The Labute approximate surface area is 106 Å². The van der Waals surface area contributed by atoms with Crippen LogP contribution in [-0.4, -0.2) is 18.5 Å². The molecule has 0 fully saturated rings. The van der Waals surface area contributed by atoms with E-state index in [1.54, 1.807) is 6.92 Å². The van der Waals surface area contributed by atoms with E-state index < -0.39 is 11.9 Å². The fourth-order valence-corrected chi connectivity index (χ4v) is 1.31. The molecule has 0 heterocycles. The first-order chi connectivity index (χ1) is 8.65. The van der Waals surface area contributed by atoms with Crippen LogP contribution in [0.15, 0.2) is 42.1 Å². The van der Waals surface area contributed by atoms with Gasteiger partial charge in [0.15, 0.2) is 0 Å². The van der Waals surface area contributed by atoms with Crippen molar-refractivity contribution in [3.8, 4) is 0 Å². The fraction of sp³-hybridized carbons (Fsp3) is 0.231. The van der Waals surface area contributed by atoms with Crippen LogP contribution in [0.1, 0.15) is 12.5 Å². The molecule has 96 valence electrons. The van der Waals surface area contributed by atoms with Gasteiger partial charge < -0.3 is 15.8 Å². The van der Waals surface area contributed by atoms with Crippen molar-refractivity contribution in [2.75, 3.05) is 6.61 Å². The van der Waals surface area contributed by atoms with E-state index in [0.29, 0.717) is 6.54 Å². The predicted octanol–water partition coefficient (Wildman–Crippen LogP) is 0.709. The summed E-state index contributed by atoms with van der Waals surface area (Å²) < 4.78 is 4.72. The molecule has 0 atom stereocenters. The van der Waals surface area contributed by atoms with Crippen LogP contribution in [0, 0.1) is 0 Å². The third kappa shape index (κ3) is 4.29. The Bertz CT molecular complexity index is 441. The summed E-state index contributed by atoms with van der Waals surface area (Å²) in [5.74, 6) is -1.53. The quantitative estimate of drug-likeness (QED) is 0.336. The second-order valence-electron chi connectivity index (χ2n) is 3.51. The number of carbonyl (C=O) groups is 2. The Morgan fingerprint density at radius 1 is 1.33 bits per heavy atom. The highest BCUT2D eigenvalue weighted by Crippen LogP contribution is 1.99. The molecule has 0 saturated carbocycles. The Kier molecular flexibility index (Phi) is 5.44. The molecule has 3 N–H and O–H groups in total. The van der Waals surface area contributed by atoms with E-state index in [-0.39, 0.29) is 12.2 Å². The first-order valence-electron chi connectivity index (χ1n) is 5.59. The van der Waals surface area contributed by atoms with Crippen LogP contribution in [0.3, 0.4) is 0 Å². The van der Waals surface area contributed by atoms with Crippen LogP contribution < -0.4 is 11.1 Å². The molecule has 5 nitrogen and oxygen atoms in total. The van der Waals surface area contributed by atoms with E-state index in [1.165, 1.54) is 6.20 Å². The number of esters is 1. The van der Waals surface area contributed by atoms with Crippen LogP contribution in [0.2, 0.25) is 0 Å². The van der Waals surface area contributed by atoms with Gasteiger partial charge in [-0.1, -0.05) is 30.3 Å². The smallest absolute Gasteiger partial charge is 0.345 e. The van der Waals surface area contributed by atoms with Gasteiger partial charge in [-0.15, -0.1) is 0 Å². The second kappa shape index (κ2) is 7.11. The van der Waals surface area contributed by atoms with Gasteiger partial charge in [-0.05, 0) is 12.5 Å². The molecule has 0 spiro atoms. The van der Waals surface area contributed by atoms with Gasteiger partial charge in [0.1, 0.15) is 5.57 Å². The Morgan fingerprint density at radius 3 is 2.56 bits per heavy atom. The normalized spacial score (nSPS) is 10.8. The zero-order chi connectivity index (χ0) is 13.4. The van der Waals surface area contributed by atoms with E-state index in [0.717, 1.165) is 5.56 Å². The Hall–Kier alpha value is -2.30. The Morgan fingerprint density at radius 2 is 2.00 bits per heavy atom. The molecular formula is C13H16N2O3. The number of hydrogen-bond donors (Lipinski definition) is 2. The molecule has 0 aliphatic rings. The summed E-state index contributed by atoms with van der Waals surface area (Å²) in [5.41, 5.74) is 5.94. The van der Waals surface area contributed by atoms with E-state index in [4.69, 9.17) is 10.5 Å². The number of primary amides is 1. The number of benzene rings is 1. The molecule has 0 unspecified atom stereocenters. The molecular weight excluding hydrogens is 232 g/mol. The molecule has 0 radical (unpaired) electrons. The Balaban J connectivity index is 2.61. The van der Waals surface area contributed by atoms with Crippen molar-refractivity contribution in [2.45, 2.75) is 13.5 Å². The molecule has 0 bridgehead atoms. The minimum absolute atomic E-state index is 0.187. The highest BCUT2D eigenvalue weighted by atomic mass is 16.5. The SMILES string of the molecule is CCOC(=O)/C(=C/NCc1ccccc1)C(N)=O. The summed E-state index contributed by atoms with van der Waals surface area (Å²) in [6, 6.07) is 9.57. The first-order valence-corrected chi connectivity index (χ1v) is 5.59. The van der Waals surface area contributed by atoms with Crippen molar-refractivity contribution < 1.29 is 14.3 Å². The highest BCUT2D eigenvalue weighted by Gasteiger charge is 2.15. The lowest BCUT2D eigenvalue weighted by Crippen LogP contribution is -2.24. The average molecular weight is 248 g/mol. The predicted molar refractivity (Wildman–Crippen MR) is 67.2 cm³/mol. The summed E-state index contributed by atoms with van der Waals surface area (Å²) in [6.45, 7) is 2.35. The number of amides is 1. The van der Waals surface area contributed by atoms with Crippen molar-refractivity contribution in [3.05, 3.63) is 47.7 Å². The molecule has 1 aromatic carbocycles. The van der Waals surface area contributed by atoms with Gasteiger partial charge in [-0.2, -0.15) is 0 Å². The maximum absolute atomic E-state index is 11.4. The summed E-state index contributed by atoms with van der Waals surface area (Å²) in [5, 5.41) is 2.86. The summed E-state index contributed by atoms with van der Waals surface area (Å²) in [4.78, 5) is 22.5. The molecule has 0 aromatic heterocycles. The number of hydrogen-bond acceptors (Lipinski definition) is 4. The molecule has 5 heteroatoms. The summed E-state index contributed by atoms with van der Waals surface area (Å²) in [6.07, 6.45) is 1.29. The van der Waals surface area contributed by atoms with Crippen molar-refractivity contribution in [1.82, 2.24) is 5.32 Å². The van der Waals surface area contributed by atoms with Gasteiger partial charge in [-0.3, -0.25) is 4.79 Å². The lowest BCUT2D eigenvalue weighted by molar-refractivity contribution is -0.139. The van der Waals surface area contributed by atoms with Gasteiger partial charge in [0.2, 0.25) is 0 Å². The lowest BCUT2D eigenvalue weighted by atomic mass is 10.2. The summed E-state index contributed by atoms with van der Waals surface area (Å²) >= 11 is 0. The average Bonchev–Trinajstić information content (AvgIpc) is 2.35. The van der Waals surface area contributed by atoms with E-state index in [9.17, 15) is 9.59 Å². The maximum Gasteiger partial charge on any atom is 0.345 e. The molecule has 0 aliphatic heterocycles. The van der Waals surface area contributed by atoms with Crippen LogP contribution in [-0.2, 0) is 20.9 Å². The van der Waals surface area contributed by atoms with Gasteiger partial charge in [-0.25, -0.2) is 4.79 Å². The van der Waals surface area contributed by atoms with Crippen LogP contribution in [0.4, 0.5) is 0 Å². The zero-order valence-corrected chi connectivity index (χ0v) is 10.2. The van der Waals surface area contributed by atoms with Crippen LogP contribution in [0.5, 0.6) is 0 Å². The molecule has 1 aromatic rings. The molecule has 1 rings (SSSR count). The van der Waals surface area contributed by atoms with Crippen molar-refractivity contribution in [3.63, 3.8) is 0 Å². The zero-order valence-electron chi connectivity index (χ0n) is 10.2. The minimum Gasteiger partial charge on any atom is -0.462 e. The fourth-order valence-electron chi connectivity index (χ4n) is 1.31. The monoisotopic (exact) mass is 248 g/mol. The standard InChI is InChI=1S/C13H16N2O3/c1-2-18-13(17)11(12(14)16)9-15-8-10-6-4-3-5-7-10/h3-7,9,15H,2,8H2,1H3,(H2,14,16)/b11-9+. The number of rotatable bonds is 6. The van der Waals surface area contributed by atoms with E-state index >= 15 is 0 Å². The van der Waals surface area contributed by atoms with Gasteiger partial charge in [0.25, 0.3) is 5.91 Å². The number of carbonyl (C=O) groups excluding carboxylic acids is 2. The molecule has 18 heavy (non-hydrogen) atoms. The number of nitrogens with one attached hydrogen (secondary N) is 1. The largest absolute Gasteiger partial charge is 0.462 e. The number of nitrogens with two attached hydrogens (primary N) is 1. The third-order valence-electron chi connectivity index (χ3n) is 2.16. The van der Waals surface area contributed by atoms with Gasteiger partial charge >= 0.3 is 5.97 Å². The first kappa shape index (κ1) is 13.8. The lowest BCUT2D eigenvalue weighted by Gasteiger charge is -2.05. The number of ether oxygens (including phenoxy) is 1. The van der Waals surface area contributed by atoms with Crippen molar-refractivity contribution >= 4 is 11.9 Å². The van der Waals surface area contributed by atoms with Gasteiger partial charge in [0.05, 0.1) is 6.61 Å². The molecule has 0 aliphatic carbocycles. The van der Waals surface area contributed by atoms with E-state index in [2.05, 4.69) is 5.32 Å². The minimum atomic E-state index is -0.811. The topological polar surface area (TPSA) is 81.4 Å². The van der Waals surface area contributed by atoms with Crippen molar-refractivity contribution in [2.24, 2.45) is 5.73 Å². The molecule has 1 amide bonds. The summed E-state index contributed by atoms with van der Waals surface area (Å²) in [7, 11) is 0.